The first-order chi connectivity index (χ1) is 5.74. The van der Waals surface area contributed by atoms with Gasteiger partial charge in [0.25, 0.3) is 0 Å². The first-order valence-electron chi connectivity index (χ1n) is 3.18. The first-order valence-corrected chi connectivity index (χ1v) is 3.18. The summed E-state index contributed by atoms with van der Waals surface area (Å²) in [6.07, 6.45) is 0. The predicted molar refractivity (Wildman–Crippen MR) is 42.0 cm³/mol. The van der Waals surface area contributed by atoms with Crippen molar-refractivity contribution in [3.63, 3.8) is 0 Å². The summed E-state index contributed by atoms with van der Waals surface area (Å²) in [7, 11) is 0. The number of esters is 1. The van der Waals surface area contributed by atoms with Gasteiger partial charge in [-0.05, 0) is 24.3 Å². The number of ether oxygens (including phenoxy) is 1. The number of hydrogen-bond acceptors (Lipinski definition) is 4. The topological polar surface area (TPSA) is 69.4 Å². The molecule has 2 N–H and O–H groups in total. The number of anilines is 1. The lowest BCUT2D eigenvalue weighted by Gasteiger charge is -1.96. The van der Waals surface area contributed by atoms with Crippen molar-refractivity contribution in [1.82, 2.24) is 0 Å². The van der Waals surface area contributed by atoms with Crippen molar-refractivity contribution in [1.29, 1.82) is 0 Å². The van der Waals surface area contributed by atoms with Gasteiger partial charge in [0.1, 0.15) is 0 Å². The van der Waals surface area contributed by atoms with Crippen molar-refractivity contribution >= 4 is 18.1 Å². The van der Waals surface area contributed by atoms with Gasteiger partial charge in [0, 0.05) is 5.69 Å². The molecule has 0 aromatic heterocycles. The van der Waals surface area contributed by atoms with E-state index in [1.165, 1.54) is 12.1 Å². The highest BCUT2D eigenvalue weighted by Gasteiger charge is 2.05. The number of nitrogen functional groups attached to an aromatic ring is 1. The van der Waals surface area contributed by atoms with Crippen molar-refractivity contribution in [2.75, 3.05) is 5.73 Å². The standard InChI is InChI=1S/C8H6NO3/c9-7-3-1-6(2-4-7)8(11)12-5-10/h1-4H,9H2. The summed E-state index contributed by atoms with van der Waals surface area (Å²) in [5, 5.41) is 0. The second-order valence-corrected chi connectivity index (χ2v) is 2.09. The van der Waals surface area contributed by atoms with Gasteiger partial charge in [-0.2, -0.15) is 0 Å². The minimum Gasteiger partial charge on any atom is -0.399 e. The summed E-state index contributed by atoms with van der Waals surface area (Å²) in [6, 6.07) is 6.02. The molecule has 0 amide bonds. The first kappa shape index (κ1) is 8.26. The largest absolute Gasteiger partial charge is 0.425 e. The van der Waals surface area contributed by atoms with E-state index >= 15 is 0 Å². The van der Waals surface area contributed by atoms with Crippen LogP contribution < -0.4 is 5.73 Å². The van der Waals surface area contributed by atoms with Crippen molar-refractivity contribution in [3.05, 3.63) is 29.8 Å². The number of rotatable bonds is 2. The van der Waals surface area contributed by atoms with E-state index in [9.17, 15) is 9.59 Å². The van der Waals surface area contributed by atoms with E-state index in [0.29, 0.717) is 5.69 Å². The summed E-state index contributed by atoms with van der Waals surface area (Å²) in [5.74, 6) is -0.731. The number of carbonyl (C=O) groups is 1. The van der Waals surface area contributed by atoms with Gasteiger partial charge in [-0.15, -0.1) is 0 Å². The highest BCUT2D eigenvalue weighted by atomic mass is 16.6. The molecular weight excluding hydrogens is 158 g/mol. The third-order valence-corrected chi connectivity index (χ3v) is 1.28. The van der Waals surface area contributed by atoms with Gasteiger partial charge < -0.3 is 10.5 Å². The molecule has 12 heavy (non-hydrogen) atoms. The second-order valence-electron chi connectivity index (χ2n) is 2.09. The molecule has 0 saturated heterocycles. The van der Waals surface area contributed by atoms with E-state index in [-0.39, 0.29) is 5.56 Å². The van der Waals surface area contributed by atoms with E-state index < -0.39 is 5.97 Å². The average Bonchev–Trinajstić information content (AvgIpc) is 2.06. The van der Waals surface area contributed by atoms with Crippen LogP contribution in [0, 0.1) is 0 Å². The smallest absolute Gasteiger partial charge is 0.399 e. The van der Waals surface area contributed by atoms with Crippen LogP contribution >= 0.6 is 0 Å². The molecular formula is C8H6NO3. The van der Waals surface area contributed by atoms with E-state index in [1.54, 1.807) is 12.1 Å². The summed E-state index contributed by atoms with van der Waals surface area (Å²) in [6.45, 7) is 1.05. The van der Waals surface area contributed by atoms with Crippen molar-refractivity contribution < 1.29 is 14.3 Å². The van der Waals surface area contributed by atoms with Gasteiger partial charge in [0.05, 0.1) is 5.56 Å². The van der Waals surface area contributed by atoms with Crippen LogP contribution in [0.4, 0.5) is 5.69 Å². The Hall–Kier alpha value is -1.84. The van der Waals surface area contributed by atoms with Gasteiger partial charge >= 0.3 is 12.4 Å². The second kappa shape index (κ2) is 3.52. The Balaban J connectivity index is 2.82. The maximum Gasteiger partial charge on any atom is 0.425 e. The Morgan fingerprint density at radius 3 is 2.42 bits per heavy atom. The number of nitrogens with two attached hydrogens (primary N) is 1. The predicted octanol–water partition coefficient (Wildman–Crippen LogP) is 0.493. The van der Waals surface area contributed by atoms with Gasteiger partial charge in [0.2, 0.25) is 0 Å². The van der Waals surface area contributed by atoms with Gasteiger partial charge in [-0.25, -0.2) is 9.59 Å². The molecule has 4 heteroatoms. The quantitative estimate of drug-likeness (QED) is 0.392. The third-order valence-electron chi connectivity index (χ3n) is 1.28. The highest BCUT2D eigenvalue weighted by Crippen LogP contribution is 2.05. The Kier molecular flexibility index (Phi) is 2.42. The van der Waals surface area contributed by atoms with Crippen LogP contribution in [0.1, 0.15) is 10.4 Å². The molecule has 0 heterocycles. The van der Waals surface area contributed by atoms with E-state index in [4.69, 9.17) is 5.73 Å². The van der Waals surface area contributed by atoms with Gasteiger partial charge in [-0.1, -0.05) is 0 Å². The minimum atomic E-state index is -0.731. The summed E-state index contributed by atoms with van der Waals surface area (Å²) < 4.78 is 3.98. The zero-order valence-corrected chi connectivity index (χ0v) is 6.11. The van der Waals surface area contributed by atoms with Crippen LogP contribution in [-0.4, -0.2) is 12.4 Å². The number of carbonyl (C=O) groups excluding carboxylic acids is 2. The molecule has 0 atom stereocenters. The molecule has 0 aliphatic carbocycles. The Morgan fingerprint density at radius 2 is 1.92 bits per heavy atom. The maximum absolute atomic E-state index is 10.8. The third kappa shape index (κ3) is 1.82. The normalized spacial score (nSPS) is 9.00. The molecule has 1 aromatic rings. The molecule has 61 valence electrons. The molecule has 0 bridgehead atoms. The minimum absolute atomic E-state index is 0.271. The molecule has 0 fully saturated rings. The summed E-state index contributed by atoms with van der Waals surface area (Å²) >= 11 is 0. The van der Waals surface area contributed by atoms with Crippen LogP contribution in [0.15, 0.2) is 24.3 Å². The lowest BCUT2D eigenvalue weighted by molar-refractivity contribution is 0.0710. The molecule has 0 aliphatic heterocycles. The van der Waals surface area contributed by atoms with Crippen LogP contribution in [0.2, 0.25) is 0 Å². The molecule has 4 nitrogen and oxygen atoms in total. The van der Waals surface area contributed by atoms with Crippen molar-refractivity contribution in [3.8, 4) is 0 Å². The van der Waals surface area contributed by atoms with Crippen LogP contribution in [0.25, 0.3) is 0 Å². The summed E-state index contributed by atoms with van der Waals surface area (Å²) in [5.41, 5.74) is 6.19. The van der Waals surface area contributed by atoms with Gasteiger partial charge in [0.15, 0.2) is 0 Å². The molecule has 1 aromatic carbocycles. The van der Waals surface area contributed by atoms with E-state index in [2.05, 4.69) is 4.74 Å². The average molecular weight is 164 g/mol. The van der Waals surface area contributed by atoms with E-state index in [1.807, 2.05) is 0 Å². The zero-order valence-electron chi connectivity index (χ0n) is 6.11. The van der Waals surface area contributed by atoms with Gasteiger partial charge in [-0.3, -0.25) is 0 Å². The highest BCUT2D eigenvalue weighted by molar-refractivity contribution is 5.93. The molecule has 0 aliphatic rings. The number of benzene rings is 1. The van der Waals surface area contributed by atoms with Crippen LogP contribution in [0.5, 0.6) is 0 Å². The van der Waals surface area contributed by atoms with Crippen LogP contribution in [-0.2, 0) is 9.53 Å². The fourth-order valence-electron chi connectivity index (χ4n) is 0.716. The van der Waals surface area contributed by atoms with Crippen molar-refractivity contribution in [2.24, 2.45) is 0 Å². The lowest BCUT2D eigenvalue weighted by Crippen LogP contribution is -2.02. The molecule has 0 unspecified atom stereocenters. The molecule has 1 radical (unpaired) electrons. The zero-order chi connectivity index (χ0) is 8.97. The Morgan fingerprint density at radius 1 is 1.33 bits per heavy atom. The Bertz CT molecular complexity index is 292. The lowest BCUT2D eigenvalue weighted by atomic mass is 10.2. The number of hydrogen-bond donors (Lipinski definition) is 1. The summed E-state index contributed by atoms with van der Waals surface area (Å²) in [4.78, 5) is 20.5. The SMILES string of the molecule is Nc1ccc(C(=O)O[C]=O)cc1. The maximum atomic E-state index is 10.8. The van der Waals surface area contributed by atoms with Crippen molar-refractivity contribution in [2.45, 2.75) is 0 Å². The Labute approximate surface area is 68.9 Å². The molecule has 0 saturated carbocycles. The monoisotopic (exact) mass is 164 g/mol. The van der Waals surface area contributed by atoms with E-state index in [0.717, 1.165) is 6.47 Å². The fourth-order valence-corrected chi connectivity index (χ4v) is 0.716. The molecule has 1 rings (SSSR count). The van der Waals surface area contributed by atoms with Crippen LogP contribution in [0.3, 0.4) is 0 Å². The fraction of sp³-hybridized carbons (Fsp3) is 0. The molecule has 0 spiro atoms.